The molecule has 3 aromatic heterocycles. The van der Waals surface area contributed by atoms with Crippen molar-refractivity contribution in [2.24, 2.45) is 0 Å². The minimum atomic E-state index is -0.792. The third-order valence-corrected chi connectivity index (χ3v) is 7.17. The molecule has 10 heteroatoms. The molecule has 1 aliphatic carbocycles. The topological polar surface area (TPSA) is 132 Å². The monoisotopic (exact) mass is 523 g/mol. The van der Waals surface area contributed by atoms with E-state index in [4.69, 9.17) is 9.26 Å². The average Bonchev–Trinajstić information content (AvgIpc) is 3.49. The molecule has 5 aromatic rings. The number of carboxylic acids is 1. The molecular weight excluding hydrogens is 498 g/mol. The Balaban J connectivity index is 1.29. The molecular formula is C29H25N5O5. The molecule has 6 rings (SSSR count). The first-order valence-electron chi connectivity index (χ1n) is 12.5. The van der Waals surface area contributed by atoms with Crippen molar-refractivity contribution in [1.82, 2.24) is 19.5 Å². The molecule has 196 valence electrons. The van der Waals surface area contributed by atoms with Crippen LogP contribution in [0, 0.1) is 6.92 Å². The summed E-state index contributed by atoms with van der Waals surface area (Å²) in [6.07, 6.45) is 5.24. The van der Waals surface area contributed by atoms with E-state index >= 15 is 0 Å². The van der Waals surface area contributed by atoms with Gasteiger partial charge in [-0.1, -0.05) is 59.8 Å². The second-order valence-corrected chi connectivity index (χ2v) is 9.64. The lowest BCUT2D eigenvalue weighted by Crippen LogP contribution is -2.19. The van der Waals surface area contributed by atoms with Crippen molar-refractivity contribution < 1.29 is 24.0 Å². The van der Waals surface area contributed by atoms with E-state index in [0.29, 0.717) is 47.0 Å². The highest BCUT2D eigenvalue weighted by atomic mass is 16.6. The second-order valence-electron chi connectivity index (χ2n) is 9.64. The highest BCUT2D eigenvalue weighted by Crippen LogP contribution is 2.48. The molecule has 1 aliphatic rings. The number of fused-ring (bicyclic) bond motifs is 1. The first-order chi connectivity index (χ1) is 18.9. The molecule has 1 fully saturated rings. The largest absolute Gasteiger partial charge is 0.481 e. The van der Waals surface area contributed by atoms with Crippen LogP contribution in [0.3, 0.4) is 0 Å². The van der Waals surface area contributed by atoms with Crippen molar-refractivity contribution in [3.63, 3.8) is 0 Å². The smallest absolute Gasteiger partial charge is 0.412 e. The number of aromatic nitrogens is 4. The zero-order chi connectivity index (χ0) is 27.1. The van der Waals surface area contributed by atoms with Gasteiger partial charge in [0, 0.05) is 24.2 Å². The first-order valence-corrected chi connectivity index (χ1v) is 12.5. The fourth-order valence-electron chi connectivity index (χ4n) is 4.77. The first kappa shape index (κ1) is 24.4. The predicted octanol–water partition coefficient (Wildman–Crippen LogP) is 5.79. The summed E-state index contributed by atoms with van der Waals surface area (Å²) >= 11 is 0. The summed E-state index contributed by atoms with van der Waals surface area (Å²) in [5.74, 6) is 0.138. The van der Waals surface area contributed by atoms with Crippen LogP contribution in [0.5, 0.6) is 0 Å². The van der Waals surface area contributed by atoms with Gasteiger partial charge >= 0.3 is 12.1 Å². The van der Waals surface area contributed by atoms with Gasteiger partial charge < -0.3 is 14.4 Å². The molecule has 2 aromatic carbocycles. The molecule has 0 radical (unpaired) electrons. The Kier molecular flexibility index (Phi) is 5.86. The fourth-order valence-corrected chi connectivity index (χ4v) is 4.77. The molecule has 0 spiro atoms. The van der Waals surface area contributed by atoms with Crippen molar-refractivity contribution in [3.05, 3.63) is 90.0 Å². The molecule has 0 aliphatic heterocycles. The predicted molar refractivity (Wildman–Crippen MR) is 142 cm³/mol. The zero-order valence-corrected chi connectivity index (χ0v) is 21.3. The minimum Gasteiger partial charge on any atom is -0.481 e. The van der Waals surface area contributed by atoms with Crippen molar-refractivity contribution >= 4 is 23.4 Å². The Hall–Kier alpha value is -4.99. The second kappa shape index (κ2) is 9.39. The number of carbonyl (C=O) groups is 2. The van der Waals surface area contributed by atoms with Gasteiger partial charge in [0.15, 0.2) is 11.4 Å². The maximum absolute atomic E-state index is 12.8. The van der Waals surface area contributed by atoms with E-state index < -0.39 is 23.6 Å². The van der Waals surface area contributed by atoms with Crippen LogP contribution in [0.4, 0.5) is 10.5 Å². The number of rotatable bonds is 7. The number of benzene rings is 2. The SMILES string of the molecule is Cc1noc(-c2cnc(-c3ccc(C4(C(=O)O)CC4)cc3)n3ccnc23)c1NC(=O)OC(C)c1ccccc1. The van der Waals surface area contributed by atoms with E-state index in [1.54, 1.807) is 32.4 Å². The summed E-state index contributed by atoms with van der Waals surface area (Å²) in [5.41, 5.74) is 3.64. The van der Waals surface area contributed by atoms with Crippen molar-refractivity contribution in [3.8, 4) is 22.7 Å². The number of hydrogen-bond donors (Lipinski definition) is 2. The highest BCUT2D eigenvalue weighted by molar-refractivity contribution is 5.93. The number of carboxylic acid groups (broad SMARTS) is 1. The van der Waals surface area contributed by atoms with Crippen LogP contribution in [0.25, 0.3) is 28.4 Å². The number of nitrogens with zero attached hydrogens (tertiary/aromatic N) is 4. The summed E-state index contributed by atoms with van der Waals surface area (Å²) in [7, 11) is 0. The number of amides is 1. The Bertz CT molecular complexity index is 1690. The zero-order valence-electron chi connectivity index (χ0n) is 21.3. The molecule has 1 atom stereocenters. The van der Waals surface area contributed by atoms with E-state index in [2.05, 4.69) is 20.4 Å². The van der Waals surface area contributed by atoms with Gasteiger partial charge in [0.05, 0.1) is 11.0 Å². The molecule has 10 nitrogen and oxygen atoms in total. The van der Waals surface area contributed by atoms with Crippen LogP contribution in [-0.4, -0.2) is 36.7 Å². The molecule has 0 bridgehead atoms. The number of aryl methyl sites for hydroxylation is 1. The van der Waals surface area contributed by atoms with Gasteiger partial charge in [-0.3, -0.25) is 14.5 Å². The Morgan fingerprint density at radius 2 is 1.85 bits per heavy atom. The van der Waals surface area contributed by atoms with Crippen molar-refractivity contribution in [2.45, 2.75) is 38.2 Å². The van der Waals surface area contributed by atoms with E-state index in [0.717, 1.165) is 16.7 Å². The van der Waals surface area contributed by atoms with Crippen molar-refractivity contribution in [2.75, 3.05) is 5.32 Å². The summed E-state index contributed by atoms with van der Waals surface area (Å²) in [6.45, 7) is 3.52. The highest BCUT2D eigenvalue weighted by Gasteiger charge is 2.51. The van der Waals surface area contributed by atoms with Gasteiger partial charge in [-0.15, -0.1) is 0 Å². The summed E-state index contributed by atoms with van der Waals surface area (Å²) in [6, 6.07) is 16.9. The van der Waals surface area contributed by atoms with Gasteiger partial charge in [-0.2, -0.15) is 0 Å². The Labute approximate surface area is 223 Å². The summed E-state index contributed by atoms with van der Waals surface area (Å²) in [5, 5.41) is 16.4. The third kappa shape index (κ3) is 4.29. The van der Waals surface area contributed by atoms with Crippen LogP contribution >= 0.6 is 0 Å². The minimum absolute atomic E-state index is 0.305. The molecule has 1 amide bonds. The van der Waals surface area contributed by atoms with Crippen LogP contribution < -0.4 is 5.32 Å². The average molecular weight is 524 g/mol. The van der Waals surface area contributed by atoms with Gasteiger partial charge in [0.2, 0.25) is 0 Å². The molecule has 0 saturated heterocycles. The molecule has 3 heterocycles. The number of nitrogens with one attached hydrogen (secondary N) is 1. The van der Waals surface area contributed by atoms with Crippen molar-refractivity contribution in [1.29, 1.82) is 0 Å². The standard InChI is InChI=1S/C29H25N5O5/c1-17-23(32-28(37)38-18(2)19-6-4-3-5-7-19)24(39-33-17)22-16-31-25(34-15-14-30-26(22)34)20-8-10-21(11-9-20)29(12-13-29)27(35)36/h3-11,14-16,18H,12-13H2,1-2H3,(H,32,37)(H,35,36). The van der Waals surface area contributed by atoms with Gasteiger partial charge in [0.1, 0.15) is 23.3 Å². The lowest BCUT2D eigenvalue weighted by molar-refractivity contribution is -0.140. The van der Waals surface area contributed by atoms with Gasteiger partial charge in [-0.25, -0.2) is 14.8 Å². The molecule has 1 saturated carbocycles. The van der Waals surface area contributed by atoms with E-state index in [-0.39, 0.29) is 0 Å². The lowest BCUT2D eigenvalue weighted by atomic mass is 9.95. The van der Waals surface area contributed by atoms with Gasteiger partial charge in [0.25, 0.3) is 0 Å². The Morgan fingerprint density at radius 3 is 2.54 bits per heavy atom. The number of anilines is 1. The maximum Gasteiger partial charge on any atom is 0.412 e. The van der Waals surface area contributed by atoms with Crippen LogP contribution in [0.15, 0.2) is 77.7 Å². The van der Waals surface area contributed by atoms with Crippen LogP contribution in [0.1, 0.15) is 42.7 Å². The number of ether oxygens (including phenoxy) is 1. The lowest BCUT2D eigenvalue weighted by Gasteiger charge is -2.14. The van der Waals surface area contributed by atoms with E-state index in [1.165, 1.54) is 0 Å². The third-order valence-electron chi connectivity index (χ3n) is 7.17. The number of aliphatic carboxylic acids is 1. The van der Waals surface area contributed by atoms with Crippen LogP contribution in [-0.2, 0) is 14.9 Å². The number of imidazole rings is 1. The number of carbonyl (C=O) groups excluding carboxylic acids is 1. The Morgan fingerprint density at radius 1 is 1.10 bits per heavy atom. The van der Waals surface area contributed by atoms with Crippen LogP contribution in [0.2, 0.25) is 0 Å². The van der Waals surface area contributed by atoms with E-state index in [9.17, 15) is 14.7 Å². The molecule has 39 heavy (non-hydrogen) atoms. The normalized spacial score (nSPS) is 14.6. The summed E-state index contributed by atoms with van der Waals surface area (Å²) < 4.78 is 13.0. The van der Waals surface area contributed by atoms with Gasteiger partial charge in [-0.05, 0) is 37.8 Å². The summed E-state index contributed by atoms with van der Waals surface area (Å²) in [4.78, 5) is 33.6. The molecule has 2 N–H and O–H groups in total. The number of hydrogen-bond acceptors (Lipinski definition) is 7. The maximum atomic E-state index is 12.8. The molecule has 1 unspecified atom stereocenters. The van der Waals surface area contributed by atoms with E-state index in [1.807, 2.05) is 59.0 Å². The fraction of sp³-hybridized carbons (Fsp3) is 0.207. The quantitative estimate of drug-likeness (QED) is 0.274.